The molecule has 2 heterocycles. The van der Waals surface area contributed by atoms with Crippen LogP contribution in [0.2, 0.25) is 0 Å². The Balaban J connectivity index is 1.98. The second kappa shape index (κ2) is 5.14. The maximum atomic E-state index is 5.56. The third-order valence-corrected chi connectivity index (χ3v) is 2.88. The number of aromatic nitrogens is 5. The van der Waals surface area contributed by atoms with Gasteiger partial charge in [0.05, 0.1) is 11.4 Å². The second-order valence-corrected chi connectivity index (χ2v) is 4.47. The van der Waals surface area contributed by atoms with Crippen molar-refractivity contribution in [1.82, 2.24) is 25.2 Å². The molecule has 0 saturated carbocycles. The first-order valence-corrected chi connectivity index (χ1v) is 6.26. The van der Waals surface area contributed by atoms with Crippen molar-refractivity contribution >= 4 is 17.2 Å². The van der Waals surface area contributed by atoms with E-state index in [4.69, 9.17) is 18.0 Å². The summed E-state index contributed by atoms with van der Waals surface area (Å²) in [6, 6.07) is 13.1. The van der Waals surface area contributed by atoms with Crippen LogP contribution < -0.4 is 5.73 Å². The van der Waals surface area contributed by atoms with Crippen molar-refractivity contribution in [3.8, 4) is 17.1 Å². The summed E-state index contributed by atoms with van der Waals surface area (Å²) < 4.78 is 0. The van der Waals surface area contributed by atoms with Gasteiger partial charge in [-0.15, -0.1) is 15.0 Å². The fraction of sp³-hybridized carbons (Fsp3) is 0. The minimum absolute atomic E-state index is 0.232. The van der Waals surface area contributed by atoms with Gasteiger partial charge in [0.2, 0.25) is 5.82 Å². The van der Waals surface area contributed by atoms with Crippen molar-refractivity contribution in [2.24, 2.45) is 5.73 Å². The molecule has 0 atom stereocenters. The average molecular weight is 282 g/mol. The molecule has 0 spiro atoms. The largest absolute Gasteiger partial charge is 0.388 e. The maximum absolute atomic E-state index is 5.56. The monoisotopic (exact) mass is 282 g/mol. The molecule has 0 fully saturated rings. The van der Waals surface area contributed by atoms with Gasteiger partial charge in [-0.05, 0) is 17.3 Å². The number of thiocarbonyl (C=S) groups is 1. The van der Waals surface area contributed by atoms with E-state index < -0.39 is 0 Å². The lowest BCUT2D eigenvalue weighted by atomic mass is 10.2. The van der Waals surface area contributed by atoms with Crippen molar-refractivity contribution in [1.29, 1.82) is 0 Å². The number of hydrogen-bond acceptors (Lipinski definition) is 5. The lowest BCUT2D eigenvalue weighted by Crippen LogP contribution is -2.12. The summed E-state index contributed by atoms with van der Waals surface area (Å²) in [6.45, 7) is 0. The third kappa shape index (κ3) is 2.39. The molecule has 98 valence electrons. The van der Waals surface area contributed by atoms with Gasteiger partial charge in [-0.3, -0.25) is 4.98 Å². The summed E-state index contributed by atoms with van der Waals surface area (Å²) >= 11 is 4.90. The summed E-state index contributed by atoms with van der Waals surface area (Å²) in [5, 5.41) is 12.4. The maximum Gasteiger partial charge on any atom is 0.205 e. The number of rotatable bonds is 3. The van der Waals surface area contributed by atoms with Gasteiger partial charge in [0, 0.05) is 11.8 Å². The summed E-state index contributed by atoms with van der Waals surface area (Å²) in [7, 11) is 0. The fourth-order valence-corrected chi connectivity index (χ4v) is 1.82. The van der Waals surface area contributed by atoms with E-state index in [0.717, 1.165) is 5.56 Å². The van der Waals surface area contributed by atoms with Crippen molar-refractivity contribution in [3.05, 3.63) is 54.4 Å². The number of pyridine rings is 1. The zero-order valence-electron chi connectivity index (χ0n) is 10.3. The molecule has 20 heavy (non-hydrogen) atoms. The van der Waals surface area contributed by atoms with Gasteiger partial charge < -0.3 is 5.73 Å². The van der Waals surface area contributed by atoms with Gasteiger partial charge in [0.1, 0.15) is 4.99 Å². The van der Waals surface area contributed by atoms with Crippen LogP contribution in [0.1, 0.15) is 5.69 Å². The van der Waals surface area contributed by atoms with Crippen LogP contribution in [0.3, 0.4) is 0 Å². The topological polar surface area (TPSA) is 82.5 Å². The van der Waals surface area contributed by atoms with E-state index in [9.17, 15) is 0 Å². The quantitative estimate of drug-likeness (QED) is 0.730. The Morgan fingerprint density at radius 3 is 2.70 bits per heavy atom. The van der Waals surface area contributed by atoms with E-state index >= 15 is 0 Å². The van der Waals surface area contributed by atoms with Gasteiger partial charge >= 0.3 is 0 Å². The molecule has 0 unspecified atom stereocenters. The van der Waals surface area contributed by atoms with Gasteiger partial charge in [0.15, 0.2) is 0 Å². The fourth-order valence-electron chi connectivity index (χ4n) is 1.71. The Bertz CT molecular complexity index is 752. The van der Waals surface area contributed by atoms with Gasteiger partial charge in [0.25, 0.3) is 0 Å². The standard InChI is InChI=1S/C13H10N6S/c14-12(20)11-8-10(6-7-15-11)19-17-13(16-18-19)9-4-2-1-3-5-9/h1-8H,(H2,14,20). The summed E-state index contributed by atoms with van der Waals surface area (Å²) in [6.07, 6.45) is 1.61. The summed E-state index contributed by atoms with van der Waals surface area (Å²) in [5.74, 6) is 0.555. The highest BCUT2D eigenvalue weighted by Gasteiger charge is 2.08. The van der Waals surface area contributed by atoms with Crippen molar-refractivity contribution < 1.29 is 0 Å². The molecule has 0 aliphatic carbocycles. The lowest BCUT2D eigenvalue weighted by Gasteiger charge is -2.00. The normalized spacial score (nSPS) is 10.4. The first kappa shape index (κ1) is 12.4. The van der Waals surface area contributed by atoms with E-state index in [1.54, 1.807) is 18.3 Å². The average Bonchev–Trinajstić information content (AvgIpc) is 2.98. The van der Waals surface area contributed by atoms with Gasteiger partial charge in [-0.25, -0.2) is 0 Å². The predicted molar refractivity (Wildman–Crippen MR) is 78.3 cm³/mol. The zero-order valence-corrected chi connectivity index (χ0v) is 11.2. The van der Waals surface area contributed by atoms with Crippen LogP contribution in [0.5, 0.6) is 0 Å². The number of nitrogens with zero attached hydrogens (tertiary/aromatic N) is 5. The Morgan fingerprint density at radius 2 is 1.95 bits per heavy atom. The van der Waals surface area contributed by atoms with Crippen LogP contribution in [0.15, 0.2) is 48.7 Å². The van der Waals surface area contributed by atoms with E-state index in [1.807, 2.05) is 30.3 Å². The SMILES string of the molecule is NC(=S)c1cc(-n2nnc(-c3ccccc3)n2)ccn1. The van der Waals surface area contributed by atoms with Crippen LogP contribution in [0.25, 0.3) is 17.1 Å². The minimum atomic E-state index is 0.232. The lowest BCUT2D eigenvalue weighted by molar-refractivity contribution is 0.718. The predicted octanol–water partition coefficient (Wildman–Crippen LogP) is 1.36. The molecule has 3 rings (SSSR count). The molecule has 0 amide bonds. The Labute approximate surface area is 120 Å². The molecule has 0 saturated heterocycles. The van der Waals surface area contributed by atoms with E-state index in [1.165, 1.54) is 4.80 Å². The molecule has 0 bridgehead atoms. The molecule has 0 aliphatic rings. The van der Waals surface area contributed by atoms with Crippen molar-refractivity contribution in [2.45, 2.75) is 0 Å². The van der Waals surface area contributed by atoms with Gasteiger partial charge in [-0.1, -0.05) is 42.5 Å². The number of tetrazole rings is 1. The highest BCUT2D eigenvalue weighted by molar-refractivity contribution is 7.80. The Kier molecular flexibility index (Phi) is 3.18. The molecule has 2 N–H and O–H groups in total. The molecule has 1 aromatic carbocycles. The highest BCUT2D eigenvalue weighted by atomic mass is 32.1. The summed E-state index contributed by atoms with van der Waals surface area (Å²) in [5.41, 5.74) is 7.70. The molecule has 0 radical (unpaired) electrons. The molecule has 6 nitrogen and oxygen atoms in total. The van der Waals surface area contributed by atoms with E-state index in [-0.39, 0.29) is 4.99 Å². The number of benzene rings is 1. The molecule has 7 heteroatoms. The smallest absolute Gasteiger partial charge is 0.205 e. The molecular weight excluding hydrogens is 272 g/mol. The van der Waals surface area contributed by atoms with Crippen LogP contribution in [0, 0.1) is 0 Å². The zero-order chi connectivity index (χ0) is 13.9. The first-order valence-electron chi connectivity index (χ1n) is 5.86. The van der Waals surface area contributed by atoms with Crippen LogP contribution in [-0.2, 0) is 0 Å². The van der Waals surface area contributed by atoms with E-state index in [2.05, 4.69) is 20.4 Å². The first-order chi connectivity index (χ1) is 9.74. The van der Waals surface area contributed by atoms with Gasteiger partial charge in [-0.2, -0.15) is 0 Å². The second-order valence-electron chi connectivity index (χ2n) is 4.03. The Morgan fingerprint density at radius 1 is 1.15 bits per heavy atom. The number of nitrogens with two attached hydrogens (primary N) is 1. The van der Waals surface area contributed by atoms with Crippen LogP contribution >= 0.6 is 12.2 Å². The Hall–Kier alpha value is -2.67. The molecule has 2 aromatic heterocycles. The number of hydrogen-bond donors (Lipinski definition) is 1. The highest BCUT2D eigenvalue weighted by Crippen LogP contribution is 2.13. The van der Waals surface area contributed by atoms with Crippen LogP contribution in [0.4, 0.5) is 0 Å². The van der Waals surface area contributed by atoms with Crippen LogP contribution in [-0.4, -0.2) is 30.2 Å². The molecule has 3 aromatic rings. The van der Waals surface area contributed by atoms with Crippen molar-refractivity contribution in [2.75, 3.05) is 0 Å². The molecular formula is C13H10N6S. The summed E-state index contributed by atoms with van der Waals surface area (Å²) in [4.78, 5) is 5.73. The minimum Gasteiger partial charge on any atom is -0.388 e. The van der Waals surface area contributed by atoms with Crippen molar-refractivity contribution in [3.63, 3.8) is 0 Å². The van der Waals surface area contributed by atoms with E-state index in [0.29, 0.717) is 17.2 Å². The third-order valence-electron chi connectivity index (χ3n) is 2.67. The molecule has 0 aliphatic heterocycles.